The van der Waals surface area contributed by atoms with E-state index in [0.717, 1.165) is 36.0 Å². The van der Waals surface area contributed by atoms with Crippen molar-refractivity contribution in [2.24, 2.45) is 5.41 Å². The third-order valence-electron chi connectivity index (χ3n) is 8.09. The number of methoxy groups -OCH3 is 2. The van der Waals surface area contributed by atoms with Crippen LogP contribution < -0.4 is 5.32 Å². The second-order valence-corrected chi connectivity index (χ2v) is 11.9. The maximum absolute atomic E-state index is 13.0. The highest BCUT2D eigenvalue weighted by molar-refractivity contribution is 6.03. The fraction of sp³-hybridized carbons (Fsp3) is 0.500. The maximum Gasteiger partial charge on any atom is 0.291 e. The SMILES string of the molecule is COC[C@@]12C=C[C@@](COC)(C[C@](O)(c3ccc(NC(=O)c4nc(C#N)c[nH]4)c(C4=CCC(C)(C)CC4)c3)C1)O2. The minimum Gasteiger partial charge on any atom is -0.385 e. The van der Waals surface area contributed by atoms with Crippen molar-refractivity contribution in [2.45, 2.75) is 62.8 Å². The van der Waals surface area contributed by atoms with Crippen molar-refractivity contribution in [2.75, 3.05) is 32.8 Å². The molecule has 9 nitrogen and oxygen atoms in total. The van der Waals surface area contributed by atoms with Gasteiger partial charge in [-0.3, -0.25) is 4.79 Å². The van der Waals surface area contributed by atoms with Gasteiger partial charge in [0, 0.05) is 44.5 Å². The first kappa shape index (κ1) is 27.3. The van der Waals surface area contributed by atoms with E-state index >= 15 is 0 Å². The lowest BCUT2D eigenvalue weighted by Crippen LogP contribution is -2.55. The topological polar surface area (TPSA) is 129 Å². The van der Waals surface area contributed by atoms with Gasteiger partial charge < -0.3 is 29.6 Å². The third-order valence-corrected chi connectivity index (χ3v) is 8.09. The van der Waals surface area contributed by atoms with Crippen molar-refractivity contribution in [3.05, 3.63) is 65.3 Å². The van der Waals surface area contributed by atoms with Crippen molar-refractivity contribution < 1.29 is 24.1 Å². The number of ether oxygens (including phenoxy) is 3. The third kappa shape index (κ3) is 5.30. The molecule has 39 heavy (non-hydrogen) atoms. The smallest absolute Gasteiger partial charge is 0.291 e. The number of aromatic nitrogens is 2. The number of anilines is 1. The summed E-state index contributed by atoms with van der Waals surface area (Å²) in [4.78, 5) is 19.8. The summed E-state index contributed by atoms with van der Waals surface area (Å²) in [7, 11) is 3.25. The molecule has 3 aliphatic rings. The van der Waals surface area contributed by atoms with E-state index in [-0.39, 0.29) is 16.9 Å². The minimum absolute atomic E-state index is 0.0639. The zero-order chi connectivity index (χ0) is 27.9. The number of allylic oxidation sites excluding steroid dienone is 2. The fourth-order valence-electron chi connectivity index (χ4n) is 6.18. The van der Waals surface area contributed by atoms with Crippen LogP contribution in [0.15, 0.2) is 42.6 Å². The quantitative estimate of drug-likeness (QED) is 0.428. The van der Waals surface area contributed by atoms with E-state index in [1.54, 1.807) is 14.2 Å². The van der Waals surface area contributed by atoms with Crippen LogP contribution in [0.4, 0.5) is 5.69 Å². The van der Waals surface area contributed by atoms with Crippen LogP contribution in [0.5, 0.6) is 0 Å². The normalized spacial score (nSPS) is 29.1. The molecule has 1 aromatic heterocycles. The first-order chi connectivity index (χ1) is 18.5. The Kier molecular flexibility index (Phi) is 7.02. The van der Waals surface area contributed by atoms with Crippen molar-refractivity contribution in [1.29, 1.82) is 5.26 Å². The molecule has 5 rings (SSSR count). The molecule has 1 fully saturated rings. The molecule has 9 heteroatoms. The Morgan fingerprint density at radius 2 is 1.90 bits per heavy atom. The minimum atomic E-state index is -1.21. The molecule has 2 aliphatic heterocycles. The predicted molar refractivity (Wildman–Crippen MR) is 146 cm³/mol. The van der Waals surface area contributed by atoms with Gasteiger partial charge in [-0.1, -0.05) is 38.1 Å². The van der Waals surface area contributed by atoms with Crippen LogP contribution in [0.1, 0.15) is 73.4 Å². The summed E-state index contributed by atoms with van der Waals surface area (Å²) in [5, 5.41) is 24.3. The lowest BCUT2D eigenvalue weighted by atomic mass is 9.73. The van der Waals surface area contributed by atoms with E-state index in [2.05, 4.69) is 35.2 Å². The first-order valence-electron chi connectivity index (χ1n) is 13.3. The Bertz CT molecular complexity index is 1350. The number of nitrogens with one attached hydrogen (secondary N) is 2. The maximum atomic E-state index is 13.0. The number of carbonyl (C=O) groups is 1. The number of rotatable bonds is 8. The summed E-state index contributed by atoms with van der Waals surface area (Å²) in [5.41, 5.74) is 0.969. The number of nitriles is 1. The summed E-state index contributed by atoms with van der Waals surface area (Å²) in [6.45, 7) is 5.13. The lowest BCUT2D eigenvalue weighted by Gasteiger charge is -2.48. The number of H-pyrrole nitrogens is 1. The van der Waals surface area contributed by atoms with Gasteiger partial charge in [0.2, 0.25) is 0 Å². The Morgan fingerprint density at radius 3 is 2.46 bits per heavy atom. The largest absolute Gasteiger partial charge is 0.385 e. The average Bonchev–Trinajstić information content (AvgIpc) is 3.47. The van der Waals surface area contributed by atoms with Gasteiger partial charge in [0.25, 0.3) is 5.91 Å². The van der Waals surface area contributed by atoms with Gasteiger partial charge in [-0.05, 0) is 47.9 Å². The summed E-state index contributed by atoms with van der Waals surface area (Å²) in [5.74, 6) is -0.374. The molecule has 1 saturated heterocycles. The van der Waals surface area contributed by atoms with Crippen LogP contribution in [0.3, 0.4) is 0 Å². The van der Waals surface area contributed by atoms with Crippen LogP contribution in [-0.4, -0.2) is 59.6 Å². The molecule has 0 unspecified atom stereocenters. The Hall–Kier alpha value is -3.29. The van der Waals surface area contributed by atoms with Crippen molar-refractivity contribution in [3.8, 4) is 6.07 Å². The zero-order valence-corrected chi connectivity index (χ0v) is 23.0. The molecule has 206 valence electrons. The summed E-state index contributed by atoms with van der Waals surface area (Å²) >= 11 is 0. The molecule has 2 bridgehead atoms. The van der Waals surface area contributed by atoms with Gasteiger partial charge in [-0.2, -0.15) is 5.26 Å². The van der Waals surface area contributed by atoms with E-state index in [1.807, 2.05) is 36.4 Å². The standard InChI is InChI=1S/C30H36N4O5/c1-27(2)9-7-20(8-10-27)23-13-21(5-6-24(23)34-26(35)25-32-15-22(14-31)33-25)30(36)16-28(18-37-3)11-12-29(17-30,39-28)19-38-4/h5-7,11-13,15,36H,8-10,16-19H2,1-4H3,(H,32,33)(H,34,35)/t28-,29+,30+. The van der Waals surface area contributed by atoms with Gasteiger partial charge >= 0.3 is 0 Å². The molecular weight excluding hydrogens is 496 g/mol. The number of carbonyl (C=O) groups excluding carboxylic acids is 1. The average molecular weight is 533 g/mol. The molecule has 1 aromatic carbocycles. The van der Waals surface area contributed by atoms with Crippen molar-refractivity contribution in [1.82, 2.24) is 9.97 Å². The highest BCUT2D eigenvalue weighted by Gasteiger charge is 2.57. The number of fused-ring (bicyclic) bond motifs is 2. The fourth-order valence-corrected chi connectivity index (χ4v) is 6.18. The van der Waals surface area contributed by atoms with Gasteiger partial charge in [0.1, 0.15) is 17.3 Å². The molecule has 2 aromatic rings. The summed E-state index contributed by atoms with van der Waals surface area (Å²) < 4.78 is 17.4. The highest BCUT2D eigenvalue weighted by atomic mass is 16.6. The van der Waals surface area contributed by atoms with E-state index in [4.69, 9.17) is 19.5 Å². The molecule has 1 aliphatic carbocycles. The second kappa shape index (κ2) is 10.0. The number of aliphatic hydroxyl groups is 1. The van der Waals surface area contributed by atoms with Crippen LogP contribution in [0.2, 0.25) is 0 Å². The number of aromatic amines is 1. The molecular formula is C30H36N4O5. The number of imidazole rings is 1. The van der Waals surface area contributed by atoms with E-state index in [9.17, 15) is 9.90 Å². The Morgan fingerprint density at radius 1 is 1.21 bits per heavy atom. The molecule has 1 amide bonds. The molecule has 3 atom stereocenters. The van der Waals surface area contributed by atoms with Gasteiger partial charge in [-0.25, -0.2) is 4.98 Å². The second-order valence-electron chi connectivity index (χ2n) is 11.9. The molecule has 0 radical (unpaired) electrons. The highest BCUT2D eigenvalue weighted by Crippen LogP contribution is 2.52. The summed E-state index contributed by atoms with van der Waals surface area (Å²) in [6, 6.07) is 7.62. The molecule has 0 saturated carbocycles. The van der Waals surface area contributed by atoms with E-state index in [0.29, 0.717) is 31.7 Å². The van der Waals surface area contributed by atoms with Crippen molar-refractivity contribution >= 4 is 17.2 Å². The van der Waals surface area contributed by atoms with Crippen LogP contribution in [-0.2, 0) is 19.8 Å². The number of benzene rings is 1. The Balaban J connectivity index is 1.53. The number of hydrogen-bond acceptors (Lipinski definition) is 7. The van der Waals surface area contributed by atoms with Gasteiger partial charge in [0.05, 0.1) is 18.8 Å². The van der Waals surface area contributed by atoms with E-state index < -0.39 is 22.7 Å². The number of hydrogen-bond donors (Lipinski definition) is 3. The van der Waals surface area contributed by atoms with Crippen LogP contribution >= 0.6 is 0 Å². The monoisotopic (exact) mass is 532 g/mol. The predicted octanol–water partition coefficient (Wildman–Crippen LogP) is 4.47. The van der Waals surface area contributed by atoms with Crippen LogP contribution in [0.25, 0.3) is 5.57 Å². The zero-order valence-electron chi connectivity index (χ0n) is 23.0. The van der Waals surface area contributed by atoms with E-state index in [1.165, 1.54) is 6.20 Å². The Labute approximate surface area is 228 Å². The molecule has 3 heterocycles. The van der Waals surface area contributed by atoms with Crippen LogP contribution in [0, 0.1) is 16.7 Å². The number of nitrogens with zero attached hydrogens (tertiary/aromatic N) is 2. The molecule has 3 N–H and O–H groups in total. The summed E-state index contributed by atoms with van der Waals surface area (Å²) in [6.07, 6.45) is 11.1. The van der Waals surface area contributed by atoms with Gasteiger partial charge in [0.15, 0.2) is 11.5 Å². The molecule has 0 spiro atoms. The lowest BCUT2D eigenvalue weighted by molar-refractivity contribution is -0.225. The van der Waals surface area contributed by atoms with Crippen molar-refractivity contribution in [3.63, 3.8) is 0 Å². The first-order valence-corrected chi connectivity index (χ1v) is 13.3. The van der Waals surface area contributed by atoms with Gasteiger partial charge in [-0.15, -0.1) is 0 Å². The number of amides is 1.